The highest BCUT2D eigenvalue weighted by molar-refractivity contribution is 6.32. The number of ether oxygens (including phenoxy) is 2. The highest BCUT2D eigenvalue weighted by atomic mass is 35.5. The summed E-state index contributed by atoms with van der Waals surface area (Å²) in [7, 11) is 3.38. The first-order valence-electron chi connectivity index (χ1n) is 6.12. The number of benzene rings is 1. The van der Waals surface area contributed by atoms with E-state index < -0.39 is 5.91 Å². The van der Waals surface area contributed by atoms with Crippen LogP contribution in [0.5, 0.6) is 11.5 Å². The quantitative estimate of drug-likeness (QED) is 0.805. The number of amides is 1. The third-order valence-corrected chi connectivity index (χ3v) is 2.92. The van der Waals surface area contributed by atoms with Crippen LogP contribution in [0, 0.1) is 0 Å². The lowest BCUT2D eigenvalue weighted by Crippen LogP contribution is -2.20. The Hall–Kier alpha value is -1.72. The van der Waals surface area contributed by atoms with Gasteiger partial charge in [-0.25, -0.2) is 0 Å². The molecule has 0 saturated carbocycles. The van der Waals surface area contributed by atoms with Crippen molar-refractivity contribution in [3.63, 3.8) is 0 Å². The van der Waals surface area contributed by atoms with E-state index in [1.165, 1.54) is 7.11 Å². The number of primary amides is 1. The molecule has 1 rings (SSSR count). The molecule has 0 aliphatic heterocycles. The second-order valence-electron chi connectivity index (χ2n) is 4.23. The van der Waals surface area contributed by atoms with E-state index in [0.717, 1.165) is 5.56 Å². The highest BCUT2D eigenvalue weighted by Crippen LogP contribution is 2.36. The van der Waals surface area contributed by atoms with E-state index in [1.54, 1.807) is 12.1 Å². The summed E-state index contributed by atoms with van der Waals surface area (Å²) in [4.78, 5) is 10.8. The number of methoxy groups -OCH3 is 1. The van der Waals surface area contributed by atoms with Crippen molar-refractivity contribution in [2.45, 2.75) is 13.0 Å². The lowest BCUT2D eigenvalue weighted by Gasteiger charge is -2.12. The summed E-state index contributed by atoms with van der Waals surface area (Å²) in [6.07, 6.45) is 3.92. The molecule has 0 aliphatic carbocycles. The van der Waals surface area contributed by atoms with E-state index >= 15 is 0 Å². The summed E-state index contributed by atoms with van der Waals surface area (Å²) in [6, 6.07) is 3.76. The number of hydrogen-bond donors (Lipinski definition) is 2. The van der Waals surface area contributed by atoms with Gasteiger partial charge >= 0.3 is 0 Å². The summed E-state index contributed by atoms with van der Waals surface area (Å²) in [6.45, 7) is 1.78. The molecular formula is C14H19ClN2O3. The molecule has 1 unspecified atom stereocenters. The third kappa shape index (κ3) is 4.75. The van der Waals surface area contributed by atoms with Gasteiger partial charge in [0.2, 0.25) is 0 Å². The van der Waals surface area contributed by atoms with Crippen LogP contribution in [0.3, 0.4) is 0 Å². The van der Waals surface area contributed by atoms with Gasteiger partial charge in [-0.1, -0.05) is 23.8 Å². The highest BCUT2D eigenvalue weighted by Gasteiger charge is 2.12. The third-order valence-electron chi connectivity index (χ3n) is 2.64. The molecule has 0 aliphatic rings. The lowest BCUT2D eigenvalue weighted by atomic mass is 10.1. The fourth-order valence-corrected chi connectivity index (χ4v) is 1.74. The van der Waals surface area contributed by atoms with Gasteiger partial charge in [-0.05, 0) is 31.7 Å². The number of halogens is 1. The normalized spacial score (nSPS) is 12.4. The zero-order chi connectivity index (χ0) is 15.1. The van der Waals surface area contributed by atoms with Crippen LogP contribution >= 0.6 is 11.6 Å². The molecule has 0 radical (unpaired) electrons. The number of carbonyl (C=O) groups is 1. The van der Waals surface area contributed by atoms with Crippen LogP contribution in [-0.2, 0) is 4.79 Å². The first-order valence-corrected chi connectivity index (χ1v) is 6.49. The molecule has 20 heavy (non-hydrogen) atoms. The fourth-order valence-electron chi connectivity index (χ4n) is 1.47. The van der Waals surface area contributed by atoms with Crippen molar-refractivity contribution >= 4 is 23.6 Å². The molecule has 6 heteroatoms. The predicted octanol–water partition coefficient (Wildman–Crippen LogP) is 1.83. The van der Waals surface area contributed by atoms with Gasteiger partial charge in [0.05, 0.1) is 12.1 Å². The molecule has 1 aromatic carbocycles. The summed E-state index contributed by atoms with van der Waals surface area (Å²) < 4.78 is 10.5. The average molecular weight is 299 g/mol. The van der Waals surface area contributed by atoms with Crippen molar-refractivity contribution in [3.05, 3.63) is 28.8 Å². The summed E-state index contributed by atoms with van der Waals surface area (Å²) in [5, 5.41) is 3.46. The number of carbonyl (C=O) groups excluding carboxylic acids is 1. The van der Waals surface area contributed by atoms with Gasteiger partial charge in [-0.15, -0.1) is 0 Å². The van der Waals surface area contributed by atoms with E-state index in [0.29, 0.717) is 16.5 Å². The van der Waals surface area contributed by atoms with E-state index in [-0.39, 0.29) is 12.6 Å². The Labute approximate surface area is 123 Å². The van der Waals surface area contributed by atoms with E-state index in [4.69, 9.17) is 26.8 Å². The van der Waals surface area contributed by atoms with Crippen LogP contribution in [-0.4, -0.2) is 32.7 Å². The Morgan fingerprint density at radius 2 is 2.25 bits per heavy atom. The standard InChI is InChI=1S/C14H19ClN2O3/c1-9(17-2)4-5-10-6-11(15)14(12(7-10)19-3)20-8-13(16)18/h4-7,9,17H,8H2,1-3H3,(H2,16,18)/b5-4+. The monoisotopic (exact) mass is 298 g/mol. The molecule has 1 amide bonds. The van der Waals surface area contributed by atoms with Crippen molar-refractivity contribution in [1.29, 1.82) is 0 Å². The Morgan fingerprint density at radius 1 is 1.55 bits per heavy atom. The minimum atomic E-state index is -0.574. The smallest absolute Gasteiger partial charge is 0.255 e. The number of likely N-dealkylation sites (N-methyl/N-ethyl adjacent to an activating group) is 1. The van der Waals surface area contributed by atoms with Crippen molar-refractivity contribution in [2.24, 2.45) is 5.73 Å². The number of nitrogens with two attached hydrogens (primary N) is 1. The fraction of sp³-hybridized carbons (Fsp3) is 0.357. The Kier molecular flexibility index (Phi) is 6.35. The second kappa shape index (κ2) is 7.77. The van der Waals surface area contributed by atoms with Crippen molar-refractivity contribution in [2.75, 3.05) is 20.8 Å². The molecule has 110 valence electrons. The van der Waals surface area contributed by atoms with Gasteiger partial charge in [0, 0.05) is 6.04 Å². The zero-order valence-electron chi connectivity index (χ0n) is 11.8. The Balaban J connectivity index is 3.00. The molecule has 0 fully saturated rings. The van der Waals surface area contributed by atoms with E-state index in [9.17, 15) is 4.79 Å². The van der Waals surface area contributed by atoms with Crippen LogP contribution in [0.25, 0.3) is 6.08 Å². The van der Waals surface area contributed by atoms with Gasteiger partial charge in [-0.3, -0.25) is 4.79 Å². The number of nitrogens with one attached hydrogen (secondary N) is 1. The number of rotatable bonds is 7. The van der Waals surface area contributed by atoms with Gasteiger partial charge < -0.3 is 20.5 Å². The maximum Gasteiger partial charge on any atom is 0.255 e. The van der Waals surface area contributed by atoms with Gasteiger partial charge in [0.25, 0.3) is 5.91 Å². The van der Waals surface area contributed by atoms with E-state index in [2.05, 4.69) is 5.32 Å². The molecule has 0 spiro atoms. The van der Waals surface area contributed by atoms with Crippen molar-refractivity contribution < 1.29 is 14.3 Å². The molecule has 3 N–H and O–H groups in total. The maximum atomic E-state index is 10.8. The molecule has 0 heterocycles. The second-order valence-corrected chi connectivity index (χ2v) is 4.63. The van der Waals surface area contributed by atoms with Crippen LogP contribution in [0.1, 0.15) is 12.5 Å². The van der Waals surface area contributed by atoms with Crippen LogP contribution in [0.4, 0.5) is 0 Å². The van der Waals surface area contributed by atoms with Crippen LogP contribution in [0.15, 0.2) is 18.2 Å². The topological polar surface area (TPSA) is 73.6 Å². The van der Waals surface area contributed by atoms with E-state index in [1.807, 2.05) is 26.1 Å². The van der Waals surface area contributed by atoms with Crippen LogP contribution in [0.2, 0.25) is 5.02 Å². The zero-order valence-corrected chi connectivity index (χ0v) is 12.5. The Bertz CT molecular complexity index is 503. The van der Waals surface area contributed by atoms with Crippen molar-refractivity contribution in [3.8, 4) is 11.5 Å². The predicted molar refractivity (Wildman–Crippen MR) is 80.2 cm³/mol. The van der Waals surface area contributed by atoms with Crippen LogP contribution < -0.4 is 20.5 Å². The first-order chi connectivity index (χ1) is 9.47. The summed E-state index contributed by atoms with van der Waals surface area (Å²) in [5.41, 5.74) is 5.92. The lowest BCUT2D eigenvalue weighted by molar-refractivity contribution is -0.119. The molecule has 5 nitrogen and oxygen atoms in total. The molecule has 0 bridgehead atoms. The average Bonchev–Trinajstić information content (AvgIpc) is 2.42. The minimum Gasteiger partial charge on any atom is -0.493 e. The SMILES string of the molecule is CNC(C)/C=C/c1cc(Cl)c(OCC(N)=O)c(OC)c1. The molecule has 0 aromatic heterocycles. The first kappa shape index (κ1) is 16.3. The van der Waals surface area contributed by atoms with Gasteiger partial charge in [-0.2, -0.15) is 0 Å². The molecule has 1 atom stereocenters. The van der Waals surface area contributed by atoms with Gasteiger partial charge in [0.1, 0.15) is 0 Å². The molecule has 0 saturated heterocycles. The van der Waals surface area contributed by atoms with Crippen molar-refractivity contribution in [1.82, 2.24) is 5.32 Å². The maximum absolute atomic E-state index is 10.8. The largest absolute Gasteiger partial charge is 0.493 e. The minimum absolute atomic E-state index is 0.241. The molecular weight excluding hydrogens is 280 g/mol. The number of hydrogen-bond acceptors (Lipinski definition) is 4. The summed E-state index contributed by atoms with van der Waals surface area (Å²) in [5.74, 6) is 0.192. The summed E-state index contributed by atoms with van der Waals surface area (Å²) >= 11 is 6.14. The molecule has 1 aromatic rings. The van der Waals surface area contributed by atoms with Gasteiger partial charge in [0.15, 0.2) is 18.1 Å². The Morgan fingerprint density at radius 3 is 2.80 bits per heavy atom.